The molecule has 4 heteroatoms. The van der Waals surface area contributed by atoms with Gasteiger partial charge in [-0.3, -0.25) is 9.69 Å². The fourth-order valence-electron chi connectivity index (χ4n) is 3.08. The lowest BCUT2D eigenvalue weighted by Crippen LogP contribution is -2.45. The van der Waals surface area contributed by atoms with Gasteiger partial charge in [0.1, 0.15) is 11.8 Å². The first-order valence-corrected chi connectivity index (χ1v) is 8.16. The van der Waals surface area contributed by atoms with Gasteiger partial charge < -0.3 is 9.84 Å². The molecule has 0 spiro atoms. The minimum Gasteiger partial charge on any atom is -0.493 e. The van der Waals surface area contributed by atoms with E-state index in [0.717, 1.165) is 50.1 Å². The Balaban J connectivity index is 1.81. The second-order valence-electron chi connectivity index (χ2n) is 6.29. The van der Waals surface area contributed by atoms with Crippen LogP contribution in [0.25, 0.3) is 0 Å². The third-order valence-electron chi connectivity index (χ3n) is 4.54. The van der Waals surface area contributed by atoms with Crippen LogP contribution in [0.15, 0.2) is 12.1 Å². The van der Waals surface area contributed by atoms with Crippen LogP contribution >= 0.6 is 0 Å². The van der Waals surface area contributed by atoms with Crippen molar-refractivity contribution in [3.05, 3.63) is 28.8 Å². The van der Waals surface area contributed by atoms with Gasteiger partial charge >= 0.3 is 5.97 Å². The van der Waals surface area contributed by atoms with Gasteiger partial charge in [0, 0.05) is 6.54 Å². The van der Waals surface area contributed by atoms with Crippen molar-refractivity contribution >= 4 is 5.97 Å². The molecule has 2 rings (SSSR count). The Morgan fingerprint density at radius 3 is 2.68 bits per heavy atom. The second-order valence-corrected chi connectivity index (χ2v) is 6.29. The molecule has 0 aromatic heterocycles. The van der Waals surface area contributed by atoms with Crippen LogP contribution in [0.4, 0.5) is 0 Å². The maximum absolute atomic E-state index is 11.3. The number of piperidine rings is 1. The number of aliphatic carboxylic acids is 1. The summed E-state index contributed by atoms with van der Waals surface area (Å²) in [6.45, 7) is 8.57. The Hall–Kier alpha value is -1.55. The Kier molecular flexibility index (Phi) is 5.83. The Labute approximate surface area is 133 Å². The van der Waals surface area contributed by atoms with E-state index in [1.165, 1.54) is 11.1 Å². The molecular formula is C18H27NO3. The van der Waals surface area contributed by atoms with E-state index in [0.29, 0.717) is 6.61 Å². The van der Waals surface area contributed by atoms with E-state index in [2.05, 4.69) is 37.8 Å². The number of aryl methyl sites for hydroxylation is 3. The molecule has 122 valence electrons. The van der Waals surface area contributed by atoms with Crippen LogP contribution in [0.3, 0.4) is 0 Å². The molecule has 0 saturated carbocycles. The van der Waals surface area contributed by atoms with Gasteiger partial charge in [-0.25, -0.2) is 0 Å². The van der Waals surface area contributed by atoms with Gasteiger partial charge in [-0.1, -0.05) is 12.5 Å². The van der Waals surface area contributed by atoms with Gasteiger partial charge in [0.25, 0.3) is 0 Å². The molecule has 1 N–H and O–H groups in total. The van der Waals surface area contributed by atoms with Crippen LogP contribution in [0, 0.1) is 20.8 Å². The van der Waals surface area contributed by atoms with E-state index in [1.807, 2.05) is 0 Å². The molecule has 1 fully saturated rings. The quantitative estimate of drug-likeness (QED) is 0.819. The summed E-state index contributed by atoms with van der Waals surface area (Å²) in [6.07, 6.45) is 3.75. The highest BCUT2D eigenvalue weighted by Crippen LogP contribution is 2.23. The number of carboxylic acid groups (broad SMARTS) is 1. The molecule has 1 aromatic rings. The zero-order chi connectivity index (χ0) is 16.1. The van der Waals surface area contributed by atoms with Gasteiger partial charge in [0.15, 0.2) is 0 Å². The molecule has 1 atom stereocenters. The van der Waals surface area contributed by atoms with E-state index in [-0.39, 0.29) is 6.04 Å². The van der Waals surface area contributed by atoms with E-state index in [9.17, 15) is 9.90 Å². The topological polar surface area (TPSA) is 49.8 Å². The summed E-state index contributed by atoms with van der Waals surface area (Å²) in [7, 11) is 0. The first-order chi connectivity index (χ1) is 10.5. The minimum atomic E-state index is -0.689. The molecule has 0 amide bonds. The van der Waals surface area contributed by atoms with Gasteiger partial charge in [-0.15, -0.1) is 0 Å². The molecule has 1 aromatic carbocycles. The van der Waals surface area contributed by atoms with Crippen LogP contribution < -0.4 is 4.74 Å². The van der Waals surface area contributed by atoms with Crippen molar-refractivity contribution in [2.45, 2.75) is 52.5 Å². The minimum absolute atomic E-state index is 0.308. The number of hydrogen-bond donors (Lipinski definition) is 1. The normalized spacial score (nSPS) is 19.1. The van der Waals surface area contributed by atoms with Crippen molar-refractivity contribution in [3.8, 4) is 5.75 Å². The maximum Gasteiger partial charge on any atom is 0.320 e. The number of hydrogen-bond acceptors (Lipinski definition) is 3. The fourth-order valence-corrected chi connectivity index (χ4v) is 3.08. The zero-order valence-electron chi connectivity index (χ0n) is 13.9. The number of benzene rings is 1. The largest absolute Gasteiger partial charge is 0.493 e. The number of likely N-dealkylation sites (tertiary alicyclic amines) is 1. The average molecular weight is 305 g/mol. The molecule has 1 aliphatic rings. The van der Waals surface area contributed by atoms with Crippen LogP contribution in [0.2, 0.25) is 0 Å². The summed E-state index contributed by atoms with van der Waals surface area (Å²) >= 11 is 0. The SMILES string of the molecule is Cc1cc(C)c(OCCCN2CCCCC2C(=O)O)cc1C. The van der Waals surface area contributed by atoms with Crippen molar-refractivity contribution in [2.24, 2.45) is 0 Å². The van der Waals surface area contributed by atoms with Gasteiger partial charge in [0.2, 0.25) is 0 Å². The lowest BCUT2D eigenvalue weighted by Gasteiger charge is -2.32. The molecule has 1 saturated heterocycles. The van der Waals surface area contributed by atoms with Gasteiger partial charge in [-0.05, 0) is 69.3 Å². The number of nitrogens with zero attached hydrogens (tertiary/aromatic N) is 1. The summed E-state index contributed by atoms with van der Waals surface area (Å²) in [5, 5.41) is 9.26. The van der Waals surface area contributed by atoms with E-state index < -0.39 is 5.97 Å². The molecular weight excluding hydrogens is 278 g/mol. The smallest absolute Gasteiger partial charge is 0.320 e. The number of carboxylic acids is 1. The van der Waals surface area contributed by atoms with Crippen LogP contribution in [0.5, 0.6) is 5.75 Å². The summed E-state index contributed by atoms with van der Waals surface area (Å²) in [5.74, 6) is 0.252. The highest BCUT2D eigenvalue weighted by molar-refractivity contribution is 5.73. The third kappa shape index (κ3) is 4.23. The van der Waals surface area contributed by atoms with Crippen LogP contribution in [-0.2, 0) is 4.79 Å². The highest BCUT2D eigenvalue weighted by atomic mass is 16.5. The predicted octanol–water partition coefficient (Wildman–Crippen LogP) is 3.32. The Morgan fingerprint density at radius 2 is 1.95 bits per heavy atom. The van der Waals surface area contributed by atoms with Gasteiger partial charge in [0.05, 0.1) is 6.61 Å². The third-order valence-corrected chi connectivity index (χ3v) is 4.54. The summed E-state index contributed by atoms with van der Waals surface area (Å²) < 4.78 is 5.89. The highest BCUT2D eigenvalue weighted by Gasteiger charge is 2.27. The van der Waals surface area contributed by atoms with Crippen molar-refractivity contribution < 1.29 is 14.6 Å². The average Bonchev–Trinajstić information content (AvgIpc) is 2.48. The van der Waals surface area contributed by atoms with Crippen molar-refractivity contribution in [1.82, 2.24) is 4.90 Å². The molecule has 1 heterocycles. The summed E-state index contributed by atoms with van der Waals surface area (Å²) in [5.41, 5.74) is 3.68. The van der Waals surface area contributed by atoms with E-state index in [1.54, 1.807) is 0 Å². The first-order valence-electron chi connectivity index (χ1n) is 8.16. The summed E-state index contributed by atoms with van der Waals surface area (Å²) in [4.78, 5) is 13.3. The van der Waals surface area contributed by atoms with Crippen LogP contribution in [0.1, 0.15) is 42.4 Å². The zero-order valence-corrected chi connectivity index (χ0v) is 13.9. The molecule has 0 radical (unpaired) electrons. The van der Waals surface area contributed by atoms with Gasteiger partial charge in [-0.2, -0.15) is 0 Å². The molecule has 4 nitrogen and oxygen atoms in total. The van der Waals surface area contributed by atoms with Crippen LogP contribution in [-0.4, -0.2) is 41.7 Å². The monoisotopic (exact) mass is 305 g/mol. The molecule has 1 aliphatic heterocycles. The molecule has 0 aliphatic carbocycles. The predicted molar refractivity (Wildman–Crippen MR) is 87.6 cm³/mol. The number of rotatable bonds is 6. The number of ether oxygens (including phenoxy) is 1. The Morgan fingerprint density at radius 1 is 1.23 bits per heavy atom. The van der Waals surface area contributed by atoms with E-state index >= 15 is 0 Å². The molecule has 0 bridgehead atoms. The lowest BCUT2D eigenvalue weighted by atomic mass is 10.0. The Bertz CT molecular complexity index is 527. The lowest BCUT2D eigenvalue weighted by molar-refractivity contribution is -0.144. The standard InChI is InChI=1S/C18H27NO3/c1-13-11-15(3)17(12-14(13)2)22-10-6-9-19-8-5-4-7-16(19)18(20)21/h11-12,16H,4-10H2,1-3H3,(H,20,21). The number of carbonyl (C=O) groups is 1. The molecule has 1 unspecified atom stereocenters. The first kappa shape index (κ1) is 16.8. The van der Waals surface area contributed by atoms with Crippen molar-refractivity contribution in [1.29, 1.82) is 0 Å². The summed E-state index contributed by atoms with van der Waals surface area (Å²) in [6, 6.07) is 3.93. The van der Waals surface area contributed by atoms with Crippen molar-refractivity contribution in [3.63, 3.8) is 0 Å². The second kappa shape index (κ2) is 7.63. The molecule has 22 heavy (non-hydrogen) atoms. The maximum atomic E-state index is 11.3. The van der Waals surface area contributed by atoms with E-state index in [4.69, 9.17) is 4.74 Å². The fraction of sp³-hybridized carbons (Fsp3) is 0.611. The van der Waals surface area contributed by atoms with Crippen molar-refractivity contribution in [2.75, 3.05) is 19.7 Å².